The largest absolute Gasteiger partial charge is 0.393 e. The van der Waals surface area contributed by atoms with Gasteiger partial charge < -0.3 is 14.6 Å². The monoisotopic (exact) mass is 218 g/mol. The molecule has 92 valence electrons. The van der Waals surface area contributed by atoms with Crippen LogP contribution in [0.15, 0.2) is 0 Å². The molecule has 1 unspecified atom stereocenters. The summed E-state index contributed by atoms with van der Waals surface area (Å²) in [4.78, 5) is 0. The molecule has 0 spiro atoms. The van der Waals surface area contributed by atoms with Crippen molar-refractivity contribution >= 4 is 0 Å². The average molecular weight is 218 g/mol. The van der Waals surface area contributed by atoms with E-state index in [9.17, 15) is 0 Å². The van der Waals surface area contributed by atoms with Crippen LogP contribution in [0.1, 0.15) is 46.5 Å². The van der Waals surface area contributed by atoms with E-state index in [0.717, 1.165) is 38.9 Å². The Morgan fingerprint density at radius 3 is 2.40 bits per heavy atom. The lowest BCUT2D eigenvalue weighted by molar-refractivity contribution is -0.0103. The number of hydrogen-bond acceptors (Lipinski definition) is 3. The van der Waals surface area contributed by atoms with Crippen molar-refractivity contribution in [2.75, 3.05) is 20.3 Å². The predicted octanol–water partition coefficient (Wildman–Crippen LogP) is 2.37. The summed E-state index contributed by atoms with van der Waals surface area (Å²) in [6.45, 7) is 7.47. The van der Waals surface area contributed by atoms with Gasteiger partial charge in [-0.05, 0) is 46.5 Å². The molecular formula is C12H26O3. The molecule has 0 aliphatic heterocycles. The molecule has 3 nitrogen and oxygen atoms in total. The number of methoxy groups -OCH3 is 1. The summed E-state index contributed by atoms with van der Waals surface area (Å²) in [5.41, 5.74) is -0.0837. The first-order valence-corrected chi connectivity index (χ1v) is 5.79. The Hall–Kier alpha value is -0.120. The van der Waals surface area contributed by atoms with E-state index in [1.54, 1.807) is 7.11 Å². The molecule has 0 radical (unpaired) electrons. The predicted molar refractivity (Wildman–Crippen MR) is 62.1 cm³/mol. The molecule has 0 amide bonds. The minimum Gasteiger partial charge on any atom is -0.393 e. The van der Waals surface area contributed by atoms with Gasteiger partial charge >= 0.3 is 0 Å². The van der Waals surface area contributed by atoms with E-state index in [-0.39, 0.29) is 11.7 Å². The van der Waals surface area contributed by atoms with Gasteiger partial charge in [-0.2, -0.15) is 0 Å². The third-order valence-electron chi connectivity index (χ3n) is 2.56. The van der Waals surface area contributed by atoms with Gasteiger partial charge in [-0.3, -0.25) is 0 Å². The van der Waals surface area contributed by atoms with Crippen molar-refractivity contribution < 1.29 is 14.6 Å². The Bertz CT molecular complexity index is 144. The standard InChI is InChI=1S/C12H26O3/c1-11(13)7-5-6-9-15-10-8-12(2,3)14-4/h11,13H,5-10H2,1-4H3. The quantitative estimate of drug-likeness (QED) is 0.604. The van der Waals surface area contributed by atoms with Crippen LogP contribution in [0.4, 0.5) is 0 Å². The molecule has 0 bridgehead atoms. The van der Waals surface area contributed by atoms with Crippen LogP contribution >= 0.6 is 0 Å². The maximum absolute atomic E-state index is 9.04. The maximum atomic E-state index is 9.04. The van der Waals surface area contributed by atoms with Crippen LogP contribution in [-0.2, 0) is 9.47 Å². The van der Waals surface area contributed by atoms with Crippen molar-refractivity contribution in [1.82, 2.24) is 0 Å². The molecule has 0 fully saturated rings. The lowest BCUT2D eigenvalue weighted by atomic mass is 10.1. The van der Waals surface area contributed by atoms with E-state index < -0.39 is 0 Å². The second-order valence-corrected chi connectivity index (χ2v) is 4.67. The second kappa shape index (κ2) is 8.08. The fourth-order valence-corrected chi connectivity index (χ4v) is 1.17. The first-order valence-electron chi connectivity index (χ1n) is 5.79. The summed E-state index contributed by atoms with van der Waals surface area (Å²) in [5.74, 6) is 0. The van der Waals surface area contributed by atoms with Crippen molar-refractivity contribution in [1.29, 1.82) is 0 Å². The Morgan fingerprint density at radius 1 is 1.20 bits per heavy atom. The van der Waals surface area contributed by atoms with E-state index in [0.29, 0.717) is 0 Å². The first-order chi connectivity index (χ1) is 6.98. The van der Waals surface area contributed by atoms with Crippen LogP contribution in [0.25, 0.3) is 0 Å². The molecular weight excluding hydrogens is 192 g/mol. The minimum atomic E-state index is -0.183. The fourth-order valence-electron chi connectivity index (χ4n) is 1.17. The Kier molecular flexibility index (Phi) is 8.02. The van der Waals surface area contributed by atoms with Crippen LogP contribution in [0.2, 0.25) is 0 Å². The molecule has 1 N–H and O–H groups in total. The zero-order chi connectivity index (χ0) is 11.7. The van der Waals surface area contributed by atoms with Gasteiger partial charge in [0.1, 0.15) is 0 Å². The maximum Gasteiger partial charge on any atom is 0.0644 e. The Labute approximate surface area is 93.8 Å². The van der Waals surface area contributed by atoms with E-state index in [2.05, 4.69) is 13.8 Å². The molecule has 0 saturated heterocycles. The molecule has 0 rings (SSSR count). The average Bonchev–Trinajstić information content (AvgIpc) is 2.16. The van der Waals surface area contributed by atoms with Gasteiger partial charge in [0.25, 0.3) is 0 Å². The lowest BCUT2D eigenvalue weighted by Crippen LogP contribution is -2.24. The summed E-state index contributed by atoms with van der Waals surface area (Å²) in [7, 11) is 1.72. The zero-order valence-corrected chi connectivity index (χ0v) is 10.6. The summed E-state index contributed by atoms with van der Waals surface area (Å²) >= 11 is 0. The van der Waals surface area contributed by atoms with Gasteiger partial charge in [-0.25, -0.2) is 0 Å². The zero-order valence-electron chi connectivity index (χ0n) is 10.6. The molecule has 0 aromatic heterocycles. The van der Waals surface area contributed by atoms with Gasteiger partial charge in [-0.15, -0.1) is 0 Å². The fraction of sp³-hybridized carbons (Fsp3) is 1.00. The molecule has 0 aliphatic carbocycles. The third-order valence-corrected chi connectivity index (χ3v) is 2.56. The van der Waals surface area contributed by atoms with Crippen LogP contribution < -0.4 is 0 Å². The van der Waals surface area contributed by atoms with Crippen LogP contribution in [-0.4, -0.2) is 37.1 Å². The van der Waals surface area contributed by atoms with E-state index in [1.807, 2.05) is 6.92 Å². The number of aliphatic hydroxyl groups is 1. The molecule has 0 heterocycles. The number of aliphatic hydroxyl groups excluding tert-OH is 1. The summed E-state index contributed by atoms with van der Waals surface area (Å²) in [6, 6.07) is 0. The molecule has 0 aliphatic rings. The summed E-state index contributed by atoms with van der Waals surface area (Å²) < 4.78 is 10.8. The van der Waals surface area contributed by atoms with Gasteiger partial charge in [-0.1, -0.05) is 0 Å². The molecule has 1 atom stereocenters. The third kappa shape index (κ3) is 10.2. The van der Waals surface area contributed by atoms with E-state index in [4.69, 9.17) is 14.6 Å². The number of rotatable bonds is 9. The highest BCUT2D eigenvalue weighted by atomic mass is 16.5. The molecule has 0 aromatic carbocycles. The minimum absolute atomic E-state index is 0.0837. The Morgan fingerprint density at radius 2 is 1.87 bits per heavy atom. The number of unbranched alkanes of at least 4 members (excludes halogenated alkanes) is 1. The molecule has 3 heteroatoms. The molecule has 0 saturated carbocycles. The lowest BCUT2D eigenvalue weighted by Gasteiger charge is -2.22. The van der Waals surface area contributed by atoms with Crippen LogP contribution in [0.3, 0.4) is 0 Å². The summed E-state index contributed by atoms with van der Waals surface area (Å²) in [6.07, 6.45) is 3.66. The van der Waals surface area contributed by atoms with Gasteiger partial charge in [0.05, 0.1) is 11.7 Å². The van der Waals surface area contributed by atoms with Crippen molar-refractivity contribution in [3.05, 3.63) is 0 Å². The van der Waals surface area contributed by atoms with Gasteiger partial charge in [0.2, 0.25) is 0 Å². The van der Waals surface area contributed by atoms with E-state index >= 15 is 0 Å². The van der Waals surface area contributed by atoms with Crippen molar-refractivity contribution in [2.24, 2.45) is 0 Å². The normalized spacial score (nSPS) is 14.2. The van der Waals surface area contributed by atoms with Gasteiger partial charge in [0.15, 0.2) is 0 Å². The van der Waals surface area contributed by atoms with E-state index in [1.165, 1.54) is 0 Å². The number of ether oxygens (including phenoxy) is 2. The Balaban J connectivity index is 3.18. The SMILES string of the molecule is COC(C)(C)CCOCCCCC(C)O. The molecule has 15 heavy (non-hydrogen) atoms. The van der Waals surface area contributed by atoms with Crippen LogP contribution in [0.5, 0.6) is 0 Å². The topological polar surface area (TPSA) is 38.7 Å². The highest BCUT2D eigenvalue weighted by molar-refractivity contribution is 4.66. The highest BCUT2D eigenvalue weighted by Crippen LogP contribution is 2.12. The molecule has 0 aromatic rings. The first kappa shape index (κ1) is 14.9. The van der Waals surface area contributed by atoms with Crippen molar-refractivity contribution in [3.63, 3.8) is 0 Å². The summed E-state index contributed by atoms with van der Waals surface area (Å²) in [5, 5.41) is 9.04. The van der Waals surface area contributed by atoms with Crippen molar-refractivity contribution in [2.45, 2.75) is 58.2 Å². The number of hydrogen-bond donors (Lipinski definition) is 1. The van der Waals surface area contributed by atoms with Crippen molar-refractivity contribution in [3.8, 4) is 0 Å². The smallest absolute Gasteiger partial charge is 0.0644 e. The van der Waals surface area contributed by atoms with Crippen LogP contribution in [0, 0.1) is 0 Å². The highest BCUT2D eigenvalue weighted by Gasteiger charge is 2.15. The second-order valence-electron chi connectivity index (χ2n) is 4.67. The van der Waals surface area contributed by atoms with Gasteiger partial charge in [0, 0.05) is 20.3 Å².